The largest absolute Gasteiger partial charge is 0.322 e. The number of hydrogen-bond acceptors (Lipinski definition) is 3. The van der Waals surface area contributed by atoms with Gasteiger partial charge in [-0.1, -0.05) is 48.0 Å². The predicted octanol–water partition coefficient (Wildman–Crippen LogP) is 4.38. The van der Waals surface area contributed by atoms with Crippen molar-refractivity contribution in [2.24, 2.45) is 0 Å². The highest BCUT2D eigenvalue weighted by molar-refractivity contribution is 6.02. The first-order valence-electron chi connectivity index (χ1n) is 8.66. The maximum absolute atomic E-state index is 12.1. The Balaban J connectivity index is 1.52. The lowest BCUT2D eigenvalue weighted by Gasteiger charge is -2.01. The minimum atomic E-state index is -0.191. The lowest BCUT2D eigenvalue weighted by molar-refractivity contribution is -0.111. The molecule has 1 N–H and O–H groups in total. The first kappa shape index (κ1) is 16.7. The molecule has 0 aliphatic heterocycles. The van der Waals surface area contributed by atoms with Crippen molar-refractivity contribution in [3.63, 3.8) is 0 Å². The summed E-state index contributed by atoms with van der Waals surface area (Å²) in [5, 5.41) is 11.9. The van der Waals surface area contributed by atoms with E-state index >= 15 is 0 Å². The van der Waals surface area contributed by atoms with Gasteiger partial charge in [0.25, 0.3) is 0 Å². The van der Waals surface area contributed by atoms with E-state index in [1.165, 1.54) is 11.6 Å². The summed E-state index contributed by atoms with van der Waals surface area (Å²) in [5.74, 6) is -0.191. The van der Waals surface area contributed by atoms with E-state index in [1.54, 1.807) is 10.9 Å². The van der Waals surface area contributed by atoms with Crippen LogP contribution in [0.3, 0.4) is 0 Å². The van der Waals surface area contributed by atoms with Gasteiger partial charge >= 0.3 is 0 Å². The van der Waals surface area contributed by atoms with Gasteiger partial charge in [0, 0.05) is 11.8 Å². The zero-order valence-electron chi connectivity index (χ0n) is 14.8. The number of anilines is 1. The third-order valence-electron chi connectivity index (χ3n) is 4.14. The van der Waals surface area contributed by atoms with Crippen molar-refractivity contribution < 1.29 is 4.79 Å². The number of nitrogens with one attached hydrogen (secondary N) is 1. The number of carbonyl (C=O) groups is 1. The number of carbonyl (C=O) groups excluding carboxylic acids is 1. The Labute approximate surface area is 157 Å². The molecule has 5 nitrogen and oxygen atoms in total. The average Bonchev–Trinajstić information content (AvgIpc) is 3.11. The molecule has 27 heavy (non-hydrogen) atoms. The first-order valence-corrected chi connectivity index (χ1v) is 8.66. The predicted molar refractivity (Wildman–Crippen MR) is 108 cm³/mol. The molecule has 1 amide bonds. The highest BCUT2D eigenvalue weighted by Crippen LogP contribution is 2.18. The van der Waals surface area contributed by atoms with Crippen molar-refractivity contribution in [3.8, 4) is 5.69 Å². The van der Waals surface area contributed by atoms with Gasteiger partial charge in [0.1, 0.15) is 11.0 Å². The molecule has 1 heterocycles. The summed E-state index contributed by atoms with van der Waals surface area (Å²) in [7, 11) is 0. The van der Waals surface area contributed by atoms with Crippen molar-refractivity contribution in [2.75, 3.05) is 5.32 Å². The first-order chi connectivity index (χ1) is 13.2. The van der Waals surface area contributed by atoms with E-state index in [0.717, 1.165) is 22.3 Å². The molecule has 0 radical (unpaired) electrons. The summed E-state index contributed by atoms with van der Waals surface area (Å²) in [4.78, 5) is 13.7. The quantitative estimate of drug-likeness (QED) is 0.553. The molecule has 0 aliphatic rings. The van der Waals surface area contributed by atoms with E-state index in [2.05, 4.69) is 15.5 Å². The van der Waals surface area contributed by atoms with Gasteiger partial charge in [-0.25, -0.2) is 0 Å². The summed E-state index contributed by atoms with van der Waals surface area (Å²) < 4.78 is 0. The minimum Gasteiger partial charge on any atom is -0.322 e. The van der Waals surface area contributed by atoms with Gasteiger partial charge in [-0.05, 0) is 48.9 Å². The van der Waals surface area contributed by atoms with Crippen LogP contribution in [0.15, 0.2) is 78.9 Å². The Bertz CT molecular complexity index is 1110. The van der Waals surface area contributed by atoms with Crippen LogP contribution < -0.4 is 5.32 Å². The second-order valence-electron chi connectivity index (χ2n) is 6.26. The number of aryl methyl sites for hydroxylation is 1. The third-order valence-corrected chi connectivity index (χ3v) is 4.14. The fourth-order valence-corrected chi connectivity index (χ4v) is 2.71. The molecule has 4 rings (SSSR count). The summed E-state index contributed by atoms with van der Waals surface area (Å²) in [5.41, 5.74) is 5.23. The normalized spacial score (nSPS) is 11.1. The van der Waals surface area contributed by atoms with Crippen LogP contribution in [0.25, 0.3) is 22.8 Å². The van der Waals surface area contributed by atoms with Gasteiger partial charge in [0.05, 0.1) is 5.69 Å². The highest BCUT2D eigenvalue weighted by atomic mass is 16.1. The van der Waals surface area contributed by atoms with E-state index in [9.17, 15) is 4.79 Å². The monoisotopic (exact) mass is 354 g/mol. The molecular formula is C22H18N4O. The zero-order valence-corrected chi connectivity index (χ0v) is 14.8. The highest BCUT2D eigenvalue weighted by Gasteiger charge is 2.06. The van der Waals surface area contributed by atoms with Gasteiger partial charge in [0.15, 0.2) is 0 Å². The molecule has 0 atom stereocenters. The Morgan fingerprint density at radius 1 is 0.926 bits per heavy atom. The Hall–Kier alpha value is -3.73. The molecule has 0 saturated heterocycles. The Morgan fingerprint density at radius 2 is 1.67 bits per heavy atom. The number of fused-ring (bicyclic) bond motifs is 1. The summed E-state index contributed by atoms with van der Waals surface area (Å²) >= 11 is 0. The van der Waals surface area contributed by atoms with Crippen LogP contribution in [0, 0.1) is 6.92 Å². The van der Waals surface area contributed by atoms with E-state index in [1.807, 2.05) is 79.7 Å². The minimum absolute atomic E-state index is 0.191. The van der Waals surface area contributed by atoms with E-state index in [-0.39, 0.29) is 5.91 Å². The Morgan fingerprint density at radius 3 is 2.44 bits per heavy atom. The molecular weight excluding hydrogens is 336 g/mol. The van der Waals surface area contributed by atoms with Crippen LogP contribution in [0.5, 0.6) is 0 Å². The Kier molecular flexibility index (Phi) is 4.49. The van der Waals surface area contributed by atoms with Gasteiger partial charge in [0.2, 0.25) is 5.91 Å². The number of rotatable bonds is 4. The van der Waals surface area contributed by atoms with Crippen LogP contribution in [0.4, 0.5) is 5.69 Å². The van der Waals surface area contributed by atoms with Gasteiger partial charge in [-0.15, -0.1) is 10.2 Å². The third kappa shape index (κ3) is 3.93. The molecule has 1 aromatic heterocycles. The van der Waals surface area contributed by atoms with Crippen LogP contribution in [-0.2, 0) is 4.79 Å². The molecule has 5 heteroatoms. The maximum atomic E-state index is 12.1. The molecule has 0 bridgehead atoms. The fourth-order valence-electron chi connectivity index (χ4n) is 2.71. The molecule has 3 aromatic carbocycles. The van der Waals surface area contributed by atoms with Crippen LogP contribution in [0.1, 0.15) is 11.1 Å². The molecule has 132 valence electrons. The second-order valence-corrected chi connectivity index (χ2v) is 6.26. The van der Waals surface area contributed by atoms with E-state index in [0.29, 0.717) is 5.69 Å². The van der Waals surface area contributed by atoms with Crippen molar-refractivity contribution in [3.05, 3.63) is 90.0 Å². The van der Waals surface area contributed by atoms with Gasteiger partial charge in [-0.2, -0.15) is 4.80 Å². The fraction of sp³-hybridized carbons (Fsp3) is 0.0455. The van der Waals surface area contributed by atoms with Crippen LogP contribution >= 0.6 is 0 Å². The number of aromatic nitrogens is 3. The molecule has 4 aromatic rings. The van der Waals surface area contributed by atoms with Crippen LogP contribution in [0.2, 0.25) is 0 Å². The smallest absolute Gasteiger partial charge is 0.248 e. The van der Waals surface area contributed by atoms with Crippen molar-refractivity contribution in [1.82, 2.24) is 15.0 Å². The van der Waals surface area contributed by atoms with Gasteiger partial charge < -0.3 is 5.32 Å². The number of hydrogen-bond donors (Lipinski definition) is 1. The summed E-state index contributed by atoms with van der Waals surface area (Å²) in [6.45, 7) is 2.04. The topological polar surface area (TPSA) is 59.8 Å². The standard InChI is InChI=1S/C22H18N4O/c1-16-7-11-19(12-8-16)26-24-20-13-10-18(15-21(20)25-26)23-22(27)14-9-17-5-3-2-4-6-17/h2-15H,1H3,(H,23,27)/b14-9+. The second kappa shape index (κ2) is 7.25. The van der Waals surface area contributed by atoms with Crippen LogP contribution in [-0.4, -0.2) is 20.9 Å². The average molecular weight is 354 g/mol. The van der Waals surface area contributed by atoms with Crippen molar-refractivity contribution >= 4 is 28.7 Å². The molecule has 0 spiro atoms. The molecule has 0 fully saturated rings. The number of benzene rings is 3. The van der Waals surface area contributed by atoms with E-state index in [4.69, 9.17) is 0 Å². The van der Waals surface area contributed by atoms with Crippen molar-refractivity contribution in [1.29, 1.82) is 0 Å². The lowest BCUT2D eigenvalue weighted by atomic mass is 10.2. The molecule has 0 aliphatic carbocycles. The van der Waals surface area contributed by atoms with Crippen molar-refractivity contribution in [2.45, 2.75) is 6.92 Å². The SMILES string of the molecule is Cc1ccc(-n2nc3ccc(NC(=O)/C=C/c4ccccc4)cc3n2)cc1. The maximum Gasteiger partial charge on any atom is 0.248 e. The number of nitrogens with zero attached hydrogens (tertiary/aromatic N) is 3. The van der Waals surface area contributed by atoms with Gasteiger partial charge in [-0.3, -0.25) is 4.79 Å². The number of amides is 1. The van der Waals surface area contributed by atoms with E-state index < -0.39 is 0 Å². The lowest BCUT2D eigenvalue weighted by Crippen LogP contribution is -2.07. The zero-order chi connectivity index (χ0) is 18.6. The molecule has 0 saturated carbocycles. The summed E-state index contributed by atoms with van der Waals surface area (Å²) in [6, 6.07) is 23.2. The summed E-state index contributed by atoms with van der Waals surface area (Å²) in [6.07, 6.45) is 3.30. The molecule has 0 unspecified atom stereocenters.